The van der Waals surface area contributed by atoms with E-state index < -0.39 is 12.3 Å². The van der Waals surface area contributed by atoms with E-state index in [2.05, 4.69) is 9.72 Å². The van der Waals surface area contributed by atoms with Gasteiger partial charge in [0.05, 0.1) is 0 Å². The van der Waals surface area contributed by atoms with Gasteiger partial charge in [-0.05, 0) is 6.07 Å². The molecule has 2 rings (SSSR count). The van der Waals surface area contributed by atoms with E-state index in [0.717, 1.165) is 0 Å². The SMILES string of the molecule is CN(Cc1ccccc1OC(F)(F)F)C(=O)c1csc(CN)n1.Cl. The van der Waals surface area contributed by atoms with E-state index in [9.17, 15) is 18.0 Å². The molecule has 24 heavy (non-hydrogen) atoms. The van der Waals surface area contributed by atoms with Gasteiger partial charge in [-0.3, -0.25) is 4.79 Å². The van der Waals surface area contributed by atoms with E-state index in [1.165, 1.54) is 41.5 Å². The molecule has 0 aliphatic rings. The van der Waals surface area contributed by atoms with Crippen LogP contribution in [0.15, 0.2) is 29.6 Å². The Hall–Kier alpha value is -1.84. The summed E-state index contributed by atoms with van der Waals surface area (Å²) >= 11 is 1.26. The van der Waals surface area contributed by atoms with Crippen LogP contribution in [0, 0.1) is 0 Å². The quantitative estimate of drug-likeness (QED) is 0.863. The van der Waals surface area contributed by atoms with Crippen LogP contribution in [0.5, 0.6) is 5.75 Å². The number of nitrogens with two attached hydrogens (primary N) is 1. The first-order valence-electron chi connectivity index (χ1n) is 6.53. The zero-order valence-electron chi connectivity index (χ0n) is 12.5. The highest BCUT2D eigenvalue weighted by molar-refractivity contribution is 7.09. The summed E-state index contributed by atoms with van der Waals surface area (Å²) in [7, 11) is 1.48. The summed E-state index contributed by atoms with van der Waals surface area (Å²) in [5, 5.41) is 2.18. The minimum absolute atomic E-state index is 0. The topological polar surface area (TPSA) is 68.5 Å². The van der Waals surface area contributed by atoms with Crippen molar-refractivity contribution in [3.05, 3.63) is 45.9 Å². The highest BCUT2D eigenvalue weighted by atomic mass is 35.5. The largest absolute Gasteiger partial charge is 0.573 e. The van der Waals surface area contributed by atoms with E-state index in [1.807, 2.05) is 0 Å². The van der Waals surface area contributed by atoms with Crippen molar-refractivity contribution in [1.82, 2.24) is 9.88 Å². The summed E-state index contributed by atoms with van der Waals surface area (Å²) in [6.45, 7) is 0.185. The summed E-state index contributed by atoms with van der Waals surface area (Å²) in [5.74, 6) is -0.733. The van der Waals surface area contributed by atoms with Crippen LogP contribution in [-0.2, 0) is 13.1 Å². The molecular formula is C14H15ClF3N3O2S. The van der Waals surface area contributed by atoms with Gasteiger partial charge in [0.25, 0.3) is 5.91 Å². The summed E-state index contributed by atoms with van der Waals surface area (Å²) < 4.78 is 41.2. The molecule has 5 nitrogen and oxygen atoms in total. The summed E-state index contributed by atoms with van der Waals surface area (Å²) in [4.78, 5) is 17.6. The number of para-hydroxylation sites is 1. The molecule has 0 saturated heterocycles. The standard InChI is InChI=1S/C14H14F3N3O2S.ClH/c1-20(13(21)10-8-23-12(6-18)19-10)7-9-4-2-3-5-11(9)22-14(15,16)17;/h2-5,8H,6-7,18H2,1H3;1H. The van der Waals surface area contributed by atoms with Gasteiger partial charge in [0.1, 0.15) is 16.5 Å². The van der Waals surface area contributed by atoms with Gasteiger partial charge in [-0.25, -0.2) is 4.98 Å². The van der Waals surface area contributed by atoms with Crippen LogP contribution in [0.2, 0.25) is 0 Å². The minimum atomic E-state index is -4.79. The second-order valence-corrected chi connectivity index (χ2v) is 5.59. The maximum absolute atomic E-state index is 12.4. The fraction of sp³-hybridized carbons (Fsp3) is 0.286. The Morgan fingerprint density at radius 2 is 2.04 bits per heavy atom. The number of amides is 1. The van der Waals surface area contributed by atoms with Crippen LogP contribution >= 0.6 is 23.7 Å². The molecule has 1 heterocycles. The number of halogens is 4. The predicted octanol–water partition coefficient (Wildman–Crippen LogP) is 3.19. The minimum Gasteiger partial charge on any atom is -0.405 e. The van der Waals surface area contributed by atoms with Gasteiger partial charge in [-0.15, -0.1) is 36.9 Å². The van der Waals surface area contributed by atoms with Crippen molar-refractivity contribution >= 4 is 29.7 Å². The van der Waals surface area contributed by atoms with Gasteiger partial charge < -0.3 is 15.4 Å². The van der Waals surface area contributed by atoms with Crippen molar-refractivity contribution in [2.75, 3.05) is 7.05 Å². The van der Waals surface area contributed by atoms with Gasteiger partial charge in [0, 0.05) is 31.1 Å². The lowest BCUT2D eigenvalue weighted by Crippen LogP contribution is -2.27. The Bertz CT molecular complexity index is 694. The number of hydrogen-bond donors (Lipinski definition) is 1. The molecule has 1 amide bonds. The number of benzene rings is 1. The number of hydrogen-bond acceptors (Lipinski definition) is 5. The zero-order chi connectivity index (χ0) is 17.0. The lowest BCUT2D eigenvalue weighted by atomic mass is 10.2. The number of rotatable bonds is 5. The van der Waals surface area contributed by atoms with E-state index in [0.29, 0.717) is 5.01 Å². The Balaban J connectivity index is 0.00000288. The Morgan fingerprint density at radius 3 is 2.62 bits per heavy atom. The van der Waals surface area contributed by atoms with Crippen molar-refractivity contribution in [2.24, 2.45) is 5.73 Å². The Kier molecular flexibility index (Phi) is 7.00. The number of carbonyl (C=O) groups excluding carboxylic acids is 1. The van der Waals surface area contributed by atoms with Gasteiger partial charge >= 0.3 is 6.36 Å². The van der Waals surface area contributed by atoms with Crippen molar-refractivity contribution in [3.8, 4) is 5.75 Å². The van der Waals surface area contributed by atoms with Crippen LogP contribution in [-0.4, -0.2) is 29.2 Å². The molecule has 0 radical (unpaired) electrons. The third-order valence-electron chi connectivity index (χ3n) is 2.90. The number of nitrogens with zero attached hydrogens (tertiary/aromatic N) is 2. The first kappa shape index (κ1) is 20.2. The first-order chi connectivity index (χ1) is 10.8. The molecular weight excluding hydrogens is 367 g/mol. The van der Waals surface area contributed by atoms with Crippen LogP contribution in [0.4, 0.5) is 13.2 Å². The van der Waals surface area contributed by atoms with Gasteiger partial charge in [0.15, 0.2) is 0 Å². The second kappa shape index (κ2) is 8.32. The third-order valence-corrected chi connectivity index (χ3v) is 3.77. The van der Waals surface area contributed by atoms with E-state index in [1.54, 1.807) is 11.4 Å². The smallest absolute Gasteiger partial charge is 0.405 e. The summed E-state index contributed by atoms with van der Waals surface area (Å²) in [6.07, 6.45) is -4.79. The van der Waals surface area contributed by atoms with Crippen molar-refractivity contribution in [2.45, 2.75) is 19.5 Å². The van der Waals surface area contributed by atoms with Crippen LogP contribution in [0.25, 0.3) is 0 Å². The fourth-order valence-electron chi connectivity index (χ4n) is 1.88. The molecule has 0 bridgehead atoms. The van der Waals surface area contributed by atoms with Crippen molar-refractivity contribution in [1.29, 1.82) is 0 Å². The Labute approximate surface area is 146 Å². The molecule has 0 fully saturated rings. The highest BCUT2D eigenvalue weighted by Gasteiger charge is 2.32. The monoisotopic (exact) mass is 381 g/mol. The average molecular weight is 382 g/mol. The molecule has 1 aromatic heterocycles. The zero-order valence-corrected chi connectivity index (χ0v) is 14.2. The molecule has 0 saturated carbocycles. The number of ether oxygens (including phenoxy) is 1. The number of thiazole rings is 1. The van der Waals surface area contributed by atoms with Crippen LogP contribution in [0.3, 0.4) is 0 Å². The summed E-state index contributed by atoms with van der Waals surface area (Å²) in [5.41, 5.74) is 5.90. The fourth-order valence-corrected chi connectivity index (χ4v) is 2.53. The normalized spacial score (nSPS) is 10.9. The van der Waals surface area contributed by atoms with Crippen LogP contribution < -0.4 is 10.5 Å². The number of aromatic nitrogens is 1. The molecule has 132 valence electrons. The van der Waals surface area contributed by atoms with Crippen LogP contribution in [0.1, 0.15) is 21.1 Å². The van der Waals surface area contributed by atoms with Gasteiger partial charge in [0.2, 0.25) is 0 Å². The lowest BCUT2D eigenvalue weighted by Gasteiger charge is -2.19. The highest BCUT2D eigenvalue weighted by Crippen LogP contribution is 2.27. The lowest BCUT2D eigenvalue weighted by molar-refractivity contribution is -0.274. The average Bonchev–Trinajstić information content (AvgIpc) is 2.96. The van der Waals surface area contributed by atoms with Gasteiger partial charge in [-0.1, -0.05) is 18.2 Å². The molecule has 2 N–H and O–H groups in total. The van der Waals surface area contributed by atoms with Crippen molar-refractivity contribution in [3.63, 3.8) is 0 Å². The van der Waals surface area contributed by atoms with Gasteiger partial charge in [-0.2, -0.15) is 0 Å². The predicted molar refractivity (Wildman–Crippen MR) is 86.2 cm³/mol. The molecule has 10 heteroatoms. The molecule has 0 aliphatic carbocycles. The molecule has 0 unspecified atom stereocenters. The molecule has 0 aliphatic heterocycles. The maximum Gasteiger partial charge on any atom is 0.573 e. The Morgan fingerprint density at radius 1 is 1.38 bits per heavy atom. The molecule has 1 aromatic carbocycles. The molecule has 0 atom stereocenters. The maximum atomic E-state index is 12.4. The van der Waals surface area contributed by atoms with E-state index in [4.69, 9.17) is 5.73 Å². The third kappa shape index (κ3) is 5.36. The molecule has 2 aromatic rings. The second-order valence-electron chi connectivity index (χ2n) is 4.65. The number of carbonyl (C=O) groups is 1. The molecule has 0 spiro atoms. The first-order valence-corrected chi connectivity index (χ1v) is 7.41. The van der Waals surface area contributed by atoms with Crippen molar-refractivity contribution < 1.29 is 22.7 Å². The van der Waals surface area contributed by atoms with E-state index >= 15 is 0 Å². The number of alkyl halides is 3. The summed E-state index contributed by atoms with van der Waals surface area (Å²) in [6, 6.07) is 5.68. The van der Waals surface area contributed by atoms with E-state index in [-0.39, 0.29) is 42.5 Å².